The van der Waals surface area contributed by atoms with Crippen molar-refractivity contribution in [3.8, 4) is 5.82 Å². The fraction of sp³-hybridized carbons (Fsp3) is 0.417. The van der Waals surface area contributed by atoms with Gasteiger partial charge in [0.1, 0.15) is 17.3 Å². The summed E-state index contributed by atoms with van der Waals surface area (Å²) in [6.45, 7) is 0. The summed E-state index contributed by atoms with van der Waals surface area (Å²) in [6, 6.07) is 1.79. The summed E-state index contributed by atoms with van der Waals surface area (Å²) in [5, 5.41) is 1.17. The van der Waals surface area contributed by atoms with E-state index in [0.29, 0.717) is 10.3 Å². The molecule has 2 aromatic heterocycles. The topological polar surface area (TPSA) is 43.6 Å². The van der Waals surface area contributed by atoms with Crippen LogP contribution in [0, 0.1) is 0 Å². The highest BCUT2D eigenvalue weighted by Gasteiger charge is 2.17. The summed E-state index contributed by atoms with van der Waals surface area (Å²) in [5.74, 6) is 0.815. The molecule has 0 aromatic carbocycles. The number of fused-ring (bicyclic) bond motifs is 1. The molecule has 0 fully saturated rings. The Labute approximate surface area is 115 Å². The van der Waals surface area contributed by atoms with Gasteiger partial charge >= 0.3 is 0 Å². The van der Waals surface area contributed by atoms with Crippen molar-refractivity contribution in [2.24, 2.45) is 0 Å². The third-order valence-electron chi connectivity index (χ3n) is 3.12. The average Bonchev–Trinajstić information content (AvgIpc) is 2.81. The average molecular weight is 281 g/mol. The largest absolute Gasteiger partial charge is 0.287 e. The molecule has 0 N–H and O–H groups in total. The Kier molecular flexibility index (Phi) is 3.26. The van der Waals surface area contributed by atoms with Gasteiger partial charge in [-0.25, -0.2) is 15.0 Å². The van der Waals surface area contributed by atoms with E-state index in [1.165, 1.54) is 36.0 Å². The molecule has 4 nitrogen and oxygen atoms in total. The normalized spacial score (nSPS) is 14.6. The number of nitrogens with zero attached hydrogens (tertiary/aromatic N) is 4. The van der Waals surface area contributed by atoms with E-state index in [9.17, 15) is 0 Å². The standard InChI is InChI=1S/C12H13ClN4S/c1-18-12-15-10(13)6-11(16-12)17-7-14-8-4-2-3-5-9(8)17/h6-7H,2-5H2,1H3. The van der Waals surface area contributed by atoms with Crippen molar-refractivity contribution in [3.05, 3.63) is 28.9 Å². The molecule has 2 heterocycles. The highest BCUT2D eigenvalue weighted by atomic mass is 35.5. The van der Waals surface area contributed by atoms with E-state index in [2.05, 4.69) is 15.0 Å². The lowest BCUT2D eigenvalue weighted by atomic mass is 10.0. The number of rotatable bonds is 2. The Balaban J connectivity index is 2.09. The predicted molar refractivity (Wildman–Crippen MR) is 72.6 cm³/mol. The van der Waals surface area contributed by atoms with Gasteiger partial charge in [-0.05, 0) is 31.9 Å². The Morgan fingerprint density at radius 3 is 2.94 bits per heavy atom. The molecule has 0 aliphatic heterocycles. The first-order chi connectivity index (χ1) is 8.78. The Hall–Kier alpha value is -1.07. The van der Waals surface area contributed by atoms with E-state index in [-0.39, 0.29) is 0 Å². The van der Waals surface area contributed by atoms with E-state index in [1.807, 2.05) is 17.2 Å². The van der Waals surface area contributed by atoms with Gasteiger partial charge < -0.3 is 0 Å². The fourth-order valence-corrected chi connectivity index (χ4v) is 2.87. The van der Waals surface area contributed by atoms with Gasteiger partial charge in [-0.2, -0.15) is 0 Å². The number of hydrogen-bond acceptors (Lipinski definition) is 4. The van der Waals surface area contributed by atoms with Crippen LogP contribution in [-0.2, 0) is 12.8 Å². The molecule has 0 unspecified atom stereocenters. The molecule has 94 valence electrons. The van der Waals surface area contributed by atoms with Crippen molar-refractivity contribution in [2.45, 2.75) is 30.8 Å². The van der Waals surface area contributed by atoms with Gasteiger partial charge in [0.25, 0.3) is 0 Å². The number of aryl methyl sites for hydroxylation is 1. The monoisotopic (exact) mass is 280 g/mol. The Bertz CT molecular complexity index is 581. The Morgan fingerprint density at radius 1 is 1.28 bits per heavy atom. The fourth-order valence-electron chi connectivity index (χ4n) is 2.27. The molecule has 1 aliphatic carbocycles. The second kappa shape index (κ2) is 4.90. The van der Waals surface area contributed by atoms with Crippen LogP contribution in [0.15, 0.2) is 17.6 Å². The van der Waals surface area contributed by atoms with Crippen LogP contribution in [0.25, 0.3) is 5.82 Å². The molecular weight excluding hydrogens is 268 g/mol. The van der Waals surface area contributed by atoms with Crippen LogP contribution in [0.5, 0.6) is 0 Å². The second-order valence-electron chi connectivity index (χ2n) is 4.25. The highest BCUT2D eigenvalue weighted by molar-refractivity contribution is 7.98. The van der Waals surface area contributed by atoms with Gasteiger partial charge in [0.05, 0.1) is 5.69 Å². The second-order valence-corrected chi connectivity index (χ2v) is 5.41. The maximum absolute atomic E-state index is 6.03. The van der Waals surface area contributed by atoms with Gasteiger partial charge in [0.2, 0.25) is 0 Å². The van der Waals surface area contributed by atoms with Crippen molar-refractivity contribution in [3.63, 3.8) is 0 Å². The van der Waals surface area contributed by atoms with E-state index >= 15 is 0 Å². The quantitative estimate of drug-likeness (QED) is 0.482. The van der Waals surface area contributed by atoms with Crippen LogP contribution in [0.2, 0.25) is 5.15 Å². The zero-order chi connectivity index (χ0) is 12.5. The number of aromatic nitrogens is 4. The van der Waals surface area contributed by atoms with Crippen LogP contribution < -0.4 is 0 Å². The molecule has 0 spiro atoms. The van der Waals surface area contributed by atoms with Crippen LogP contribution >= 0.6 is 23.4 Å². The number of hydrogen-bond donors (Lipinski definition) is 0. The number of halogens is 1. The van der Waals surface area contributed by atoms with Crippen LogP contribution in [0.3, 0.4) is 0 Å². The van der Waals surface area contributed by atoms with Crippen molar-refractivity contribution in [1.82, 2.24) is 19.5 Å². The first kappa shape index (κ1) is 12.0. The molecule has 0 atom stereocenters. The maximum Gasteiger partial charge on any atom is 0.190 e. The number of imidazole rings is 1. The molecular formula is C12H13ClN4S. The van der Waals surface area contributed by atoms with Crippen LogP contribution in [0.1, 0.15) is 24.2 Å². The van der Waals surface area contributed by atoms with Crippen LogP contribution in [-0.4, -0.2) is 25.8 Å². The van der Waals surface area contributed by atoms with Crippen molar-refractivity contribution in [2.75, 3.05) is 6.26 Å². The molecule has 0 bridgehead atoms. The van der Waals surface area contributed by atoms with Crippen molar-refractivity contribution >= 4 is 23.4 Å². The molecule has 2 aromatic rings. The first-order valence-corrected chi connectivity index (χ1v) is 7.52. The zero-order valence-corrected chi connectivity index (χ0v) is 11.6. The third-order valence-corrected chi connectivity index (χ3v) is 3.86. The van der Waals surface area contributed by atoms with E-state index < -0.39 is 0 Å². The molecule has 0 saturated carbocycles. The third kappa shape index (κ3) is 2.12. The molecule has 6 heteroatoms. The SMILES string of the molecule is CSc1nc(Cl)cc(-n2cnc3c2CCCC3)n1. The lowest BCUT2D eigenvalue weighted by Crippen LogP contribution is -2.08. The molecule has 0 saturated heterocycles. The molecule has 3 rings (SSSR count). The predicted octanol–water partition coefficient (Wildman–Crippen LogP) is 2.92. The van der Waals surface area contributed by atoms with Gasteiger partial charge in [0.15, 0.2) is 5.16 Å². The first-order valence-electron chi connectivity index (χ1n) is 5.92. The minimum Gasteiger partial charge on any atom is -0.287 e. The minimum absolute atomic E-state index is 0.475. The lowest BCUT2D eigenvalue weighted by Gasteiger charge is -2.13. The number of thioether (sulfide) groups is 1. The highest BCUT2D eigenvalue weighted by Crippen LogP contribution is 2.24. The molecule has 1 aliphatic rings. The maximum atomic E-state index is 6.03. The smallest absolute Gasteiger partial charge is 0.190 e. The minimum atomic E-state index is 0.475. The van der Waals surface area contributed by atoms with E-state index in [4.69, 9.17) is 11.6 Å². The summed E-state index contributed by atoms with van der Waals surface area (Å²) in [7, 11) is 0. The lowest BCUT2D eigenvalue weighted by molar-refractivity contribution is 0.652. The van der Waals surface area contributed by atoms with E-state index in [1.54, 1.807) is 6.07 Å². The Morgan fingerprint density at radius 2 is 2.11 bits per heavy atom. The molecule has 0 amide bonds. The summed E-state index contributed by atoms with van der Waals surface area (Å²) in [4.78, 5) is 13.1. The van der Waals surface area contributed by atoms with Gasteiger partial charge in [-0.1, -0.05) is 23.4 Å². The van der Waals surface area contributed by atoms with Gasteiger partial charge in [-0.15, -0.1) is 0 Å². The summed E-state index contributed by atoms with van der Waals surface area (Å²) < 4.78 is 2.04. The summed E-state index contributed by atoms with van der Waals surface area (Å²) in [5.41, 5.74) is 2.46. The van der Waals surface area contributed by atoms with Crippen LogP contribution in [0.4, 0.5) is 0 Å². The summed E-state index contributed by atoms with van der Waals surface area (Å²) in [6.07, 6.45) is 8.36. The summed E-state index contributed by atoms with van der Waals surface area (Å²) >= 11 is 7.52. The van der Waals surface area contributed by atoms with Crippen molar-refractivity contribution < 1.29 is 0 Å². The van der Waals surface area contributed by atoms with Gasteiger partial charge in [0, 0.05) is 11.8 Å². The molecule has 18 heavy (non-hydrogen) atoms. The van der Waals surface area contributed by atoms with Crippen molar-refractivity contribution in [1.29, 1.82) is 0 Å². The van der Waals surface area contributed by atoms with Gasteiger partial charge in [-0.3, -0.25) is 4.57 Å². The zero-order valence-electron chi connectivity index (χ0n) is 10.1. The van der Waals surface area contributed by atoms with E-state index in [0.717, 1.165) is 18.7 Å². The molecule has 0 radical (unpaired) electrons.